The summed E-state index contributed by atoms with van der Waals surface area (Å²) in [7, 11) is 0. The first-order valence-corrected chi connectivity index (χ1v) is 6.68. The maximum Gasteiger partial charge on any atom is 0.115 e. The fourth-order valence-electron chi connectivity index (χ4n) is 2.36. The van der Waals surface area contributed by atoms with E-state index in [9.17, 15) is 5.11 Å². The van der Waals surface area contributed by atoms with Crippen molar-refractivity contribution in [3.8, 4) is 28.0 Å². The number of anilines is 2. The maximum absolute atomic E-state index is 9.44. The van der Waals surface area contributed by atoms with Gasteiger partial charge in [-0.15, -0.1) is 0 Å². The zero-order chi connectivity index (χ0) is 14.8. The van der Waals surface area contributed by atoms with E-state index in [0.29, 0.717) is 5.69 Å². The normalized spacial score (nSPS) is 10.5. The van der Waals surface area contributed by atoms with Gasteiger partial charge in [0, 0.05) is 11.4 Å². The molecule has 0 aliphatic carbocycles. The van der Waals surface area contributed by atoms with Crippen molar-refractivity contribution < 1.29 is 5.11 Å². The molecule has 3 aromatic rings. The highest BCUT2D eigenvalue weighted by molar-refractivity contribution is 5.86. The monoisotopic (exact) mass is 276 g/mol. The van der Waals surface area contributed by atoms with E-state index in [1.54, 1.807) is 12.1 Å². The molecule has 0 fully saturated rings. The molecule has 104 valence electrons. The summed E-state index contributed by atoms with van der Waals surface area (Å²) in [5.74, 6) is 0.247. The molecular formula is C18H16N2O. The van der Waals surface area contributed by atoms with E-state index in [1.165, 1.54) is 0 Å². The molecule has 0 atom stereocenters. The van der Waals surface area contributed by atoms with Crippen molar-refractivity contribution in [1.29, 1.82) is 0 Å². The summed E-state index contributed by atoms with van der Waals surface area (Å²) in [5, 5.41) is 9.44. The van der Waals surface area contributed by atoms with Crippen molar-refractivity contribution in [2.24, 2.45) is 0 Å². The average Bonchev–Trinajstić information content (AvgIpc) is 2.49. The molecule has 0 aromatic heterocycles. The van der Waals surface area contributed by atoms with Gasteiger partial charge in [-0.3, -0.25) is 0 Å². The first-order chi connectivity index (χ1) is 10.1. The van der Waals surface area contributed by atoms with Gasteiger partial charge in [0.25, 0.3) is 0 Å². The van der Waals surface area contributed by atoms with Gasteiger partial charge in [-0.05, 0) is 58.7 Å². The van der Waals surface area contributed by atoms with E-state index in [4.69, 9.17) is 11.5 Å². The van der Waals surface area contributed by atoms with Crippen molar-refractivity contribution >= 4 is 11.4 Å². The molecule has 0 heterocycles. The van der Waals surface area contributed by atoms with Crippen LogP contribution in [0.1, 0.15) is 0 Å². The molecule has 0 amide bonds. The molecule has 3 aromatic carbocycles. The molecule has 5 N–H and O–H groups in total. The van der Waals surface area contributed by atoms with E-state index in [0.717, 1.165) is 27.9 Å². The number of rotatable bonds is 2. The van der Waals surface area contributed by atoms with Gasteiger partial charge in [0.15, 0.2) is 0 Å². The molecule has 0 bridgehead atoms. The van der Waals surface area contributed by atoms with Crippen molar-refractivity contribution in [3.63, 3.8) is 0 Å². The van der Waals surface area contributed by atoms with Crippen LogP contribution in [0.25, 0.3) is 22.3 Å². The Labute approximate surface area is 123 Å². The van der Waals surface area contributed by atoms with E-state index in [2.05, 4.69) is 0 Å². The number of hydrogen-bond donors (Lipinski definition) is 3. The van der Waals surface area contributed by atoms with E-state index in [1.807, 2.05) is 54.6 Å². The van der Waals surface area contributed by atoms with Gasteiger partial charge in [0.1, 0.15) is 5.75 Å². The average molecular weight is 276 g/mol. The van der Waals surface area contributed by atoms with Gasteiger partial charge in [0.05, 0.1) is 0 Å². The zero-order valence-corrected chi connectivity index (χ0v) is 11.5. The largest absolute Gasteiger partial charge is 0.508 e. The summed E-state index contributed by atoms with van der Waals surface area (Å²) in [6.45, 7) is 0. The summed E-state index contributed by atoms with van der Waals surface area (Å²) < 4.78 is 0. The van der Waals surface area contributed by atoms with Crippen LogP contribution in [0.5, 0.6) is 5.75 Å². The van der Waals surface area contributed by atoms with Gasteiger partial charge >= 0.3 is 0 Å². The second kappa shape index (κ2) is 5.21. The van der Waals surface area contributed by atoms with Crippen LogP contribution in [-0.4, -0.2) is 5.11 Å². The van der Waals surface area contributed by atoms with Crippen LogP contribution in [0.2, 0.25) is 0 Å². The molecule has 0 aliphatic rings. The second-order valence-corrected chi connectivity index (χ2v) is 4.97. The van der Waals surface area contributed by atoms with Gasteiger partial charge in [-0.2, -0.15) is 0 Å². The molecule has 0 unspecified atom stereocenters. The summed E-state index contributed by atoms with van der Waals surface area (Å²) in [6, 6.07) is 20.7. The number of nitrogen functional groups attached to an aromatic ring is 2. The van der Waals surface area contributed by atoms with Crippen LogP contribution in [0.15, 0.2) is 66.7 Å². The quantitative estimate of drug-likeness (QED) is 0.622. The Morgan fingerprint density at radius 1 is 0.571 bits per heavy atom. The van der Waals surface area contributed by atoms with Crippen LogP contribution < -0.4 is 11.5 Å². The molecular weight excluding hydrogens is 260 g/mol. The van der Waals surface area contributed by atoms with Crippen LogP contribution in [0.4, 0.5) is 11.4 Å². The van der Waals surface area contributed by atoms with Crippen LogP contribution in [0, 0.1) is 0 Å². The predicted octanol–water partition coefficient (Wildman–Crippen LogP) is 3.89. The van der Waals surface area contributed by atoms with E-state index in [-0.39, 0.29) is 5.75 Å². The zero-order valence-electron chi connectivity index (χ0n) is 11.5. The van der Waals surface area contributed by atoms with Crippen molar-refractivity contribution in [2.75, 3.05) is 11.5 Å². The highest BCUT2D eigenvalue weighted by Gasteiger charge is 2.08. The highest BCUT2D eigenvalue weighted by atomic mass is 16.3. The van der Waals surface area contributed by atoms with Gasteiger partial charge in [0.2, 0.25) is 0 Å². The number of nitrogens with two attached hydrogens (primary N) is 2. The van der Waals surface area contributed by atoms with Crippen molar-refractivity contribution in [1.82, 2.24) is 0 Å². The first-order valence-electron chi connectivity index (χ1n) is 6.68. The maximum atomic E-state index is 9.44. The topological polar surface area (TPSA) is 72.3 Å². The third-order valence-electron chi connectivity index (χ3n) is 3.44. The molecule has 0 spiro atoms. The summed E-state index contributed by atoms with van der Waals surface area (Å²) in [4.78, 5) is 0. The smallest absolute Gasteiger partial charge is 0.115 e. The summed E-state index contributed by atoms with van der Waals surface area (Å²) >= 11 is 0. The Balaban J connectivity index is 2.17. The predicted molar refractivity (Wildman–Crippen MR) is 87.8 cm³/mol. The highest BCUT2D eigenvalue weighted by Crippen LogP contribution is 2.34. The van der Waals surface area contributed by atoms with Crippen LogP contribution in [0.3, 0.4) is 0 Å². The van der Waals surface area contributed by atoms with Crippen molar-refractivity contribution in [3.05, 3.63) is 66.7 Å². The molecule has 3 rings (SSSR count). The van der Waals surface area contributed by atoms with E-state index < -0.39 is 0 Å². The molecule has 0 aliphatic heterocycles. The molecule has 0 radical (unpaired) electrons. The summed E-state index contributed by atoms with van der Waals surface area (Å²) in [6.07, 6.45) is 0. The lowest BCUT2D eigenvalue weighted by atomic mass is 9.94. The number of phenols is 1. The first kappa shape index (κ1) is 13.1. The Kier molecular flexibility index (Phi) is 3.24. The molecule has 0 saturated heterocycles. The third kappa shape index (κ3) is 2.67. The number of aromatic hydroxyl groups is 1. The van der Waals surface area contributed by atoms with Crippen LogP contribution in [-0.2, 0) is 0 Å². The minimum atomic E-state index is 0.247. The third-order valence-corrected chi connectivity index (χ3v) is 3.44. The SMILES string of the molecule is Nc1ccc(-c2ccc(N)cc2-c2ccc(O)cc2)cc1. The van der Waals surface area contributed by atoms with Gasteiger partial charge < -0.3 is 16.6 Å². The van der Waals surface area contributed by atoms with Crippen molar-refractivity contribution in [2.45, 2.75) is 0 Å². The standard InChI is InChI=1S/C18H16N2O/c19-14-5-1-12(2-6-14)17-10-7-15(20)11-18(17)13-3-8-16(21)9-4-13/h1-11,21H,19-20H2. The Morgan fingerprint density at radius 3 is 1.76 bits per heavy atom. The van der Waals surface area contributed by atoms with Crippen LogP contribution >= 0.6 is 0 Å². The Bertz CT molecular complexity index is 762. The number of phenolic OH excluding ortho intramolecular Hbond substituents is 1. The lowest BCUT2D eigenvalue weighted by Crippen LogP contribution is -1.90. The van der Waals surface area contributed by atoms with Gasteiger partial charge in [-0.25, -0.2) is 0 Å². The number of hydrogen-bond acceptors (Lipinski definition) is 3. The molecule has 0 saturated carbocycles. The number of benzene rings is 3. The summed E-state index contributed by atoms with van der Waals surface area (Å²) in [5.41, 5.74) is 17.3. The Hall–Kier alpha value is -2.94. The minimum absolute atomic E-state index is 0.247. The lowest BCUT2D eigenvalue weighted by Gasteiger charge is -2.12. The second-order valence-electron chi connectivity index (χ2n) is 4.97. The lowest BCUT2D eigenvalue weighted by molar-refractivity contribution is 0.475. The molecule has 3 heteroatoms. The van der Waals surface area contributed by atoms with E-state index >= 15 is 0 Å². The molecule has 21 heavy (non-hydrogen) atoms. The fraction of sp³-hybridized carbons (Fsp3) is 0. The minimum Gasteiger partial charge on any atom is -0.508 e. The Morgan fingerprint density at radius 2 is 1.10 bits per heavy atom. The van der Waals surface area contributed by atoms with Gasteiger partial charge in [-0.1, -0.05) is 30.3 Å². The molecule has 3 nitrogen and oxygen atoms in total. The fourth-order valence-corrected chi connectivity index (χ4v) is 2.36.